The fraction of sp³-hybridized carbons (Fsp3) is 0.688. The van der Waals surface area contributed by atoms with Crippen LogP contribution in [0, 0.1) is 12.8 Å². The maximum absolute atomic E-state index is 5.25. The summed E-state index contributed by atoms with van der Waals surface area (Å²) in [5, 5.41) is 0. The van der Waals surface area contributed by atoms with Crippen molar-refractivity contribution in [1.29, 1.82) is 0 Å². The van der Waals surface area contributed by atoms with E-state index in [4.69, 9.17) is 4.74 Å². The van der Waals surface area contributed by atoms with Crippen LogP contribution in [0.3, 0.4) is 0 Å². The van der Waals surface area contributed by atoms with Crippen molar-refractivity contribution in [2.24, 2.45) is 5.92 Å². The van der Waals surface area contributed by atoms with Crippen molar-refractivity contribution in [3.63, 3.8) is 0 Å². The van der Waals surface area contributed by atoms with Crippen LogP contribution >= 0.6 is 0 Å². The Morgan fingerprint density at radius 3 is 2.84 bits per heavy atom. The van der Waals surface area contributed by atoms with Gasteiger partial charge in [0.25, 0.3) is 0 Å². The maximum Gasteiger partial charge on any atom is 0.215 e. The Kier molecular flexibility index (Phi) is 4.81. The van der Waals surface area contributed by atoms with Crippen LogP contribution in [0.1, 0.15) is 50.3 Å². The Balaban J connectivity index is 2.19. The van der Waals surface area contributed by atoms with E-state index in [1.807, 2.05) is 6.20 Å². The number of pyridine rings is 1. The summed E-state index contributed by atoms with van der Waals surface area (Å²) in [5.41, 5.74) is 2.48. The highest BCUT2D eigenvalue weighted by Crippen LogP contribution is 2.32. The van der Waals surface area contributed by atoms with E-state index in [9.17, 15) is 0 Å². The molecular formula is C16H26N2O. The number of nitrogens with zero attached hydrogens (tertiary/aromatic N) is 2. The van der Waals surface area contributed by atoms with Gasteiger partial charge in [-0.1, -0.05) is 20.3 Å². The highest BCUT2D eigenvalue weighted by atomic mass is 16.5. The van der Waals surface area contributed by atoms with Crippen LogP contribution in [-0.4, -0.2) is 30.1 Å². The Hall–Kier alpha value is -1.09. The lowest BCUT2D eigenvalue weighted by Gasteiger charge is -2.37. The highest BCUT2D eigenvalue weighted by molar-refractivity contribution is 5.30. The lowest BCUT2D eigenvalue weighted by molar-refractivity contribution is 0.132. The molecule has 3 nitrogen and oxygen atoms in total. The molecule has 0 radical (unpaired) electrons. The van der Waals surface area contributed by atoms with Gasteiger partial charge in [0.2, 0.25) is 5.88 Å². The van der Waals surface area contributed by atoms with Gasteiger partial charge in [0.15, 0.2) is 0 Å². The fourth-order valence-corrected chi connectivity index (χ4v) is 3.04. The van der Waals surface area contributed by atoms with Gasteiger partial charge in [-0.2, -0.15) is 0 Å². The third-order valence-corrected chi connectivity index (χ3v) is 3.84. The van der Waals surface area contributed by atoms with Gasteiger partial charge >= 0.3 is 0 Å². The third kappa shape index (κ3) is 3.47. The van der Waals surface area contributed by atoms with Crippen molar-refractivity contribution >= 4 is 0 Å². The second kappa shape index (κ2) is 6.38. The zero-order valence-electron chi connectivity index (χ0n) is 12.6. The van der Waals surface area contributed by atoms with Gasteiger partial charge < -0.3 is 4.74 Å². The molecule has 1 aliphatic heterocycles. The van der Waals surface area contributed by atoms with E-state index in [1.165, 1.54) is 37.9 Å². The van der Waals surface area contributed by atoms with E-state index >= 15 is 0 Å². The van der Waals surface area contributed by atoms with Gasteiger partial charge in [-0.3, -0.25) is 4.90 Å². The standard InChI is InChI=1S/C16H26N2O/c1-12(2)11-18-8-6-5-7-15(18)14-9-13(3)16(19-4)17-10-14/h9-10,12,15H,5-8,11H2,1-4H3. The average Bonchev–Trinajstić information content (AvgIpc) is 2.38. The summed E-state index contributed by atoms with van der Waals surface area (Å²) in [6.45, 7) is 9.06. The van der Waals surface area contributed by atoms with Crippen LogP contribution in [0.4, 0.5) is 0 Å². The van der Waals surface area contributed by atoms with Crippen molar-refractivity contribution in [2.75, 3.05) is 20.2 Å². The molecule has 1 fully saturated rings. The summed E-state index contributed by atoms with van der Waals surface area (Å²) in [5.74, 6) is 1.46. The molecule has 0 N–H and O–H groups in total. The fourth-order valence-electron chi connectivity index (χ4n) is 3.04. The molecule has 19 heavy (non-hydrogen) atoms. The summed E-state index contributed by atoms with van der Waals surface area (Å²) < 4.78 is 5.25. The van der Waals surface area contributed by atoms with Gasteiger partial charge in [-0.15, -0.1) is 0 Å². The smallest absolute Gasteiger partial charge is 0.215 e. The topological polar surface area (TPSA) is 25.4 Å². The minimum atomic E-state index is 0.535. The molecule has 0 bridgehead atoms. The molecule has 1 unspecified atom stereocenters. The maximum atomic E-state index is 5.25. The first-order valence-electron chi connectivity index (χ1n) is 7.36. The largest absolute Gasteiger partial charge is 0.481 e. The molecule has 2 heterocycles. The van der Waals surface area contributed by atoms with Crippen LogP contribution in [0.25, 0.3) is 0 Å². The summed E-state index contributed by atoms with van der Waals surface area (Å²) in [7, 11) is 1.68. The normalized spacial score (nSPS) is 20.8. The first-order chi connectivity index (χ1) is 9.11. The molecule has 1 aromatic heterocycles. The summed E-state index contributed by atoms with van der Waals surface area (Å²) >= 11 is 0. The first-order valence-corrected chi connectivity index (χ1v) is 7.36. The SMILES string of the molecule is COc1ncc(C2CCCCN2CC(C)C)cc1C. The van der Waals surface area contributed by atoms with E-state index in [0.717, 1.165) is 11.4 Å². The molecule has 0 aliphatic carbocycles. The summed E-state index contributed by atoms with van der Waals surface area (Å²) in [4.78, 5) is 7.06. The zero-order valence-corrected chi connectivity index (χ0v) is 12.6. The number of aromatic nitrogens is 1. The van der Waals surface area contributed by atoms with Crippen molar-refractivity contribution in [3.05, 3.63) is 23.4 Å². The molecule has 1 aromatic rings. The Labute approximate surface area is 117 Å². The molecular weight excluding hydrogens is 236 g/mol. The average molecular weight is 262 g/mol. The van der Waals surface area contributed by atoms with Crippen molar-refractivity contribution in [3.8, 4) is 5.88 Å². The molecule has 1 saturated heterocycles. The molecule has 1 atom stereocenters. The Morgan fingerprint density at radius 2 is 2.21 bits per heavy atom. The van der Waals surface area contributed by atoms with Crippen LogP contribution in [0.2, 0.25) is 0 Å². The van der Waals surface area contributed by atoms with Crippen molar-refractivity contribution in [2.45, 2.75) is 46.1 Å². The lowest BCUT2D eigenvalue weighted by atomic mass is 9.94. The number of hydrogen-bond acceptors (Lipinski definition) is 3. The van der Waals surface area contributed by atoms with Crippen LogP contribution in [0.5, 0.6) is 5.88 Å². The summed E-state index contributed by atoms with van der Waals surface area (Å²) in [6.07, 6.45) is 5.89. The number of rotatable bonds is 4. The minimum absolute atomic E-state index is 0.535. The van der Waals surface area contributed by atoms with Crippen molar-refractivity contribution in [1.82, 2.24) is 9.88 Å². The molecule has 0 saturated carbocycles. The van der Waals surface area contributed by atoms with Crippen molar-refractivity contribution < 1.29 is 4.74 Å². The van der Waals surface area contributed by atoms with E-state index in [0.29, 0.717) is 12.0 Å². The third-order valence-electron chi connectivity index (χ3n) is 3.84. The molecule has 2 rings (SSSR count). The second-order valence-electron chi connectivity index (χ2n) is 6.00. The molecule has 0 aromatic carbocycles. The molecule has 0 spiro atoms. The minimum Gasteiger partial charge on any atom is -0.481 e. The van der Waals surface area contributed by atoms with Gasteiger partial charge in [0.1, 0.15) is 0 Å². The van der Waals surface area contributed by atoms with Gasteiger partial charge in [-0.25, -0.2) is 4.98 Å². The number of aryl methyl sites for hydroxylation is 1. The summed E-state index contributed by atoms with van der Waals surface area (Å²) in [6, 6.07) is 2.78. The molecule has 106 valence electrons. The first kappa shape index (κ1) is 14.3. The number of piperidine rings is 1. The molecule has 3 heteroatoms. The van der Waals surface area contributed by atoms with E-state index < -0.39 is 0 Å². The predicted molar refractivity (Wildman–Crippen MR) is 78.5 cm³/mol. The van der Waals surface area contributed by atoms with Gasteiger partial charge in [0, 0.05) is 24.3 Å². The van der Waals surface area contributed by atoms with E-state index in [-0.39, 0.29) is 0 Å². The van der Waals surface area contributed by atoms with Gasteiger partial charge in [-0.05, 0) is 43.9 Å². The molecule has 0 amide bonds. The second-order valence-corrected chi connectivity index (χ2v) is 6.00. The quantitative estimate of drug-likeness (QED) is 0.829. The zero-order chi connectivity index (χ0) is 13.8. The van der Waals surface area contributed by atoms with Gasteiger partial charge in [0.05, 0.1) is 7.11 Å². The predicted octanol–water partition coefficient (Wildman–Crippen LogP) is 3.58. The van der Waals surface area contributed by atoms with Crippen LogP contribution in [-0.2, 0) is 0 Å². The highest BCUT2D eigenvalue weighted by Gasteiger charge is 2.25. The number of hydrogen-bond donors (Lipinski definition) is 0. The van der Waals surface area contributed by atoms with Crippen LogP contribution in [0.15, 0.2) is 12.3 Å². The number of ether oxygens (including phenoxy) is 1. The van der Waals surface area contributed by atoms with E-state index in [2.05, 4.69) is 36.7 Å². The van der Waals surface area contributed by atoms with Crippen LogP contribution < -0.4 is 4.74 Å². The number of likely N-dealkylation sites (tertiary alicyclic amines) is 1. The molecule has 1 aliphatic rings. The monoisotopic (exact) mass is 262 g/mol. The number of methoxy groups -OCH3 is 1. The lowest BCUT2D eigenvalue weighted by Crippen LogP contribution is -2.36. The Bertz CT molecular complexity index is 417. The van der Waals surface area contributed by atoms with E-state index in [1.54, 1.807) is 7.11 Å². The Morgan fingerprint density at radius 1 is 1.42 bits per heavy atom.